The Labute approximate surface area is 222 Å². The van der Waals surface area contributed by atoms with Crippen LogP contribution in [0.3, 0.4) is 0 Å². The first kappa shape index (κ1) is 28.2. The van der Waals surface area contributed by atoms with Gasteiger partial charge in [-0.25, -0.2) is 4.99 Å². The summed E-state index contributed by atoms with van der Waals surface area (Å²) in [7, 11) is 9.04. The molecule has 1 unspecified atom stereocenters. The summed E-state index contributed by atoms with van der Waals surface area (Å²) in [4.78, 5) is 29.9. The van der Waals surface area contributed by atoms with Gasteiger partial charge in [-0.15, -0.1) is 10.2 Å². The molecule has 38 heavy (non-hydrogen) atoms. The van der Waals surface area contributed by atoms with Crippen LogP contribution in [0.25, 0.3) is 11.4 Å². The molecule has 0 aliphatic carbocycles. The van der Waals surface area contributed by atoms with Crippen molar-refractivity contribution in [3.8, 4) is 22.9 Å². The molecule has 0 saturated carbocycles. The second kappa shape index (κ2) is 13.2. The van der Waals surface area contributed by atoms with Gasteiger partial charge in [0.05, 0.1) is 20.6 Å². The zero-order valence-corrected chi connectivity index (χ0v) is 21.8. The Balaban J connectivity index is 1.64. The van der Waals surface area contributed by atoms with Crippen LogP contribution in [-0.4, -0.2) is 66.5 Å². The van der Waals surface area contributed by atoms with Gasteiger partial charge < -0.3 is 20.5 Å². The molecule has 3 rings (SSSR count). The van der Waals surface area contributed by atoms with Gasteiger partial charge in [-0.05, 0) is 46.9 Å². The Morgan fingerprint density at radius 1 is 1.16 bits per heavy atom. The number of nitrogens with one attached hydrogen (secondary N) is 3. The van der Waals surface area contributed by atoms with Crippen molar-refractivity contribution in [3.63, 3.8) is 0 Å². The van der Waals surface area contributed by atoms with Gasteiger partial charge in [0.25, 0.3) is 0 Å². The number of carbonyl (C=O) groups excluding carboxylic acids is 2. The van der Waals surface area contributed by atoms with Crippen molar-refractivity contribution >= 4 is 31.1 Å². The summed E-state index contributed by atoms with van der Waals surface area (Å²) in [5.41, 5.74) is 8.52. The molecule has 2 amide bonds. The van der Waals surface area contributed by atoms with Gasteiger partial charge in [-0.3, -0.25) is 14.9 Å². The Hall–Kier alpha value is -4.42. The SMILES string of the molecule is [B]c1cc(OC)c(OC)cc1CC(=O)NC(N)=NC(CC(C)C)C(=O)NCc1cccc(-c2nn[nH]n2)c1. The third-order valence-corrected chi connectivity index (χ3v) is 5.55. The van der Waals surface area contributed by atoms with Crippen LogP contribution in [0.1, 0.15) is 31.4 Å². The first-order chi connectivity index (χ1) is 18.2. The number of aromatic amines is 1. The maximum absolute atomic E-state index is 13.0. The van der Waals surface area contributed by atoms with Crippen molar-refractivity contribution in [1.82, 2.24) is 31.3 Å². The summed E-state index contributed by atoms with van der Waals surface area (Å²) < 4.78 is 10.5. The van der Waals surface area contributed by atoms with Crippen molar-refractivity contribution in [3.05, 3.63) is 47.5 Å². The predicted octanol–water partition coefficient (Wildman–Crippen LogP) is 0.382. The van der Waals surface area contributed by atoms with Gasteiger partial charge in [-0.2, -0.15) is 5.21 Å². The molecule has 1 atom stereocenters. The number of aliphatic imine (C=N–C) groups is 1. The third kappa shape index (κ3) is 7.79. The van der Waals surface area contributed by atoms with E-state index < -0.39 is 11.9 Å². The molecule has 3 aromatic rings. The van der Waals surface area contributed by atoms with E-state index in [1.165, 1.54) is 14.2 Å². The standard InChI is InChI=1S/C25H31BN8O4/c1-14(2)8-19(24(36)28-13-15-6-5-7-16(9-15)23-31-33-34-32-23)29-25(27)30-22(35)11-17-10-20(37-3)21(38-4)12-18(17)26/h5-7,9-10,12,14,19H,8,11,13H2,1-4H3,(H,28,36)(H3,27,29,30,35)(H,31,32,33,34). The number of aromatic nitrogens is 4. The number of ether oxygens (including phenoxy) is 2. The molecule has 0 aliphatic heterocycles. The van der Waals surface area contributed by atoms with Crippen molar-refractivity contribution < 1.29 is 19.1 Å². The Morgan fingerprint density at radius 3 is 2.55 bits per heavy atom. The van der Waals surface area contributed by atoms with E-state index in [0.29, 0.717) is 34.8 Å². The van der Waals surface area contributed by atoms with Gasteiger partial charge in [0.1, 0.15) is 13.9 Å². The molecule has 5 N–H and O–H groups in total. The van der Waals surface area contributed by atoms with E-state index in [0.717, 1.165) is 11.1 Å². The number of tetrazole rings is 1. The summed E-state index contributed by atoms with van der Waals surface area (Å²) in [5.74, 6) is 0.609. The zero-order valence-electron chi connectivity index (χ0n) is 21.8. The number of hydrogen-bond donors (Lipinski definition) is 4. The Kier molecular flexibility index (Phi) is 9.80. The van der Waals surface area contributed by atoms with Crippen molar-refractivity contribution in [2.24, 2.45) is 16.6 Å². The van der Waals surface area contributed by atoms with Crippen LogP contribution in [-0.2, 0) is 22.6 Å². The lowest BCUT2D eigenvalue weighted by molar-refractivity contribution is -0.123. The highest BCUT2D eigenvalue weighted by atomic mass is 16.5. The molecule has 198 valence electrons. The molecule has 0 aliphatic rings. The van der Waals surface area contributed by atoms with Gasteiger partial charge >= 0.3 is 0 Å². The highest BCUT2D eigenvalue weighted by Gasteiger charge is 2.20. The predicted molar refractivity (Wildman–Crippen MR) is 143 cm³/mol. The van der Waals surface area contributed by atoms with Gasteiger partial charge in [0, 0.05) is 12.1 Å². The number of nitrogens with two attached hydrogens (primary N) is 1. The van der Waals surface area contributed by atoms with Crippen LogP contribution in [0.5, 0.6) is 11.5 Å². The van der Waals surface area contributed by atoms with Crippen molar-refractivity contribution in [2.75, 3.05) is 14.2 Å². The molecule has 2 aromatic carbocycles. The summed E-state index contributed by atoms with van der Waals surface area (Å²) >= 11 is 0. The summed E-state index contributed by atoms with van der Waals surface area (Å²) in [5, 5.41) is 19.3. The molecule has 13 heteroatoms. The number of hydrogen-bond acceptors (Lipinski definition) is 8. The summed E-state index contributed by atoms with van der Waals surface area (Å²) in [6, 6.07) is 9.85. The Morgan fingerprint density at radius 2 is 1.89 bits per heavy atom. The Bertz CT molecular complexity index is 1280. The molecule has 2 radical (unpaired) electrons. The number of benzene rings is 2. The minimum atomic E-state index is -0.790. The minimum Gasteiger partial charge on any atom is -0.493 e. The summed E-state index contributed by atoms with van der Waals surface area (Å²) in [6.07, 6.45) is 0.369. The fraction of sp³-hybridized carbons (Fsp3) is 0.360. The van der Waals surface area contributed by atoms with E-state index in [1.807, 2.05) is 38.1 Å². The number of methoxy groups -OCH3 is 2. The molecular weight excluding hydrogens is 487 g/mol. The number of guanidine groups is 1. The fourth-order valence-corrected chi connectivity index (χ4v) is 3.73. The number of carbonyl (C=O) groups is 2. The first-order valence-electron chi connectivity index (χ1n) is 11.9. The maximum Gasteiger partial charge on any atom is 0.245 e. The van der Waals surface area contributed by atoms with E-state index >= 15 is 0 Å². The molecule has 1 heterocycles. The number of amides is 2. The highest BCUT2D eigenvalue weighted by Crippen LogP contribution is 2.26. The molecule has 0 bridgehead atoms. The van der Waals surface area contributed by atoms with Crippen molar-refractivity contribution in [2.45, 2.75) is 39.3 Å². The van der Waals surface area contributed by atoms with E-state index in [1.54, 1.807) is 12.1 Å². The van der Waals surface area contributed by atoms with E-state index in [9.17, 15) is 9.59 Å². The topological polar surface area (TPSA) is 170 Å². The quantitative estimate of drug-likeness (QED) is 0.160. The van der Waals surface area contributed by atoms with Crippen LogP contribution < -0.4 is 31.3 Å². The average Bonchev–Trinajstić information content (AvgIpc) is 3.43. The number of H-pyrrole nitrogens is 1. The lowest BCUT2D eigenvalue weighted by atomic mass is 9.88. The highest BCUT2D eigenvalue weighted by molar-refractivity contribution is 6.33. The van der Waals surface area contributed by atoms with Crippen LogP contribution in [0.4, 0.5) is 0 Å². The second-order valence-electron chi connectivity index (χ2n) is 8.94. The van der Waals surface area contributed by atoms with E-state index in [2.05, 4.69) is 36.3 Å². The lowest BCUT2D eigenvalue weighted by Gasteiger charge is -2.17. The molecule has 0 fully saturated rings. The number of nitrogens with zero attached hydrogens (tertiary/aromatic N) is 4. The van der Waals surface area contributed by atoms with E-state index in [-0.39, 0.29) is 30.8 Å². The monoisotopic (exact) mass is 518 g/mol. The maximum atomic E-state index is 13.0. The normalized spacial score (nSPS) is 12.2. The second-order valence-corrected chi connectivity index (χ2v) is 8.94. The zero-order chi connectivity index (χ0) is 27.7. The van der Waals surface area contributed by atoms with Crippen LogP contribution in [0, 0.1) is 5.92 Å². The lowest BCUT2D eigenvalue weighted by Crippen LogP contribution is -2.42. The van der Waals surface area contributed by atoms with Crippen LogP contribution in [0.2, 0.25) is 0 Å². The molecule has 0 spiro atoms. The molecular formula is C25H31BN8O4. The molecule has 0 saturated heterocycles. The van der Waals surface area contributed by atoms with Gasteiger partial charge in [0.2, 0.25) is 17.6 Å². The van der Waals surface area contributed by atoms with Crippen LogP contribution in [0.15, 0.2) is 41.4 Å². The van der Waals surface area contributed by atoms with Gasteiger partial charge in [0.15, 0.2) is 17.5 Å². The van der Waals surface area contributed by atoms with Crippen molar-refractivity contribution in [1.29, 1.82) is 0 Å². The molecule has 1 aromatic heterocycles. The fourth-order valence-electron chi connectivity index (χ4n) is 3.73. The minimum absolute atomic E-state index is 0.0693. The van der Waals surface area contributed by atoms with E-state index in [4.69, 9.17) is 23.1 Å². The summed E-state index contributed by atoms with van der Waals surface area (Å²) in [6.45, 7) is 4.21. The van der Waals surface area contributed by atoms with Crippen LogP contribution >= 0.6 is 0 Å². The largest absolute Gasteiger partial charge is 0.493 e. The smallest absolute Gasteiger partial charge is 0.245 e. The molecule has 12 nitrogen and oxygen atoms in total. The third-order valence-electron chi connectivity index (χ3n) is 5.55. The van der Waals surface area contributed by atoms with Gasteiger partial charge in [-0.1, -0.05) is 37.5 Å². The average molecular weight is 518 g/mol. The first-order valence-corrected chi connectivity index (χ1v) is 11.9. The number of rotatable bonds is 11.